The fourth-order valence-electron chi connectivity index (χ4n) is 4.45. The van der Waals surface area contributed by atoms with Crippen molar-refractivity contribution in [1.82, 2.24) is 14.7 Å². The van der Waals surface area contributed by atoms with Crippen LogP contribution in [0.1, 0.15) is 52.0 Å². The van der Waals surface area contributed by atoms with Gasteiger partial charge in [0.1, 0.15) is 0 Å². The van der Waals surface area contributed by atoms with Gasteiger partial charge in [0.25, 0.3) is 0 Å². The third kappa shape index (κ3) is 4.01. The summed E-state index contributed by atoms with van der Waals surface area (Å²) in [7, 11) is 0. The molecule has 5 heteroatoms. The van der Waals surface area contributed by atoms with Gasteiger partial charge in [-0.15, -0.1) is 0 Å². The zero-order valence-electron chi connectivity index (χ0n) is 16.4. The largest absolute Gasteiger partial charge is 0.322 e. The van der Waals surface area contributed by atoms with E-state index in [2.05, 4.69) is 42.7 Å². The third-order valence-electron chi connectivity index (χ3n) is 6.04. The average molecular weight is 378 g/mol. The molecule has 3 rings (SSSR count). The molecule has 26 heavy (non-hydrogen) atoms. The predicted octanol–water partition coefficient (Wildman–Crippen LogP) is 4.62. The van der Waals surface area contributed by atoms with Crippen LogP contribution < -0.4 is 0 Å². The number of urea groups is 1. The molecule has 0 N–H and O–H groups in total. The van der Waals surface area contributed by atoms with Gasteiger partial charge in [-0.25, -0.2) is 4.79 Å². The van der Waals surface area contributed by atoms with Gasteiger partial charge < -0.3 is 9.80 Å². The SMILES string of the molecule is CCCN1C(=O)N(C(C)C)CCC12CCN(Cc1ccc(Cl)cc1)CC2. The number of nitrogens with zero attached hydrogens (tertiary/aromatic N) is 3. The maximum absolute atomic E-state index is 13.1. The maximum atomic E-state index is 13.1. The maximum Gasteiger partial charge on any atom is 0.320 e. The number of carbonyl (C=O) groups excluding carboxylic acids is 1. The first-order chi connectivity index (χ1) is 12.4. The fraction of sp³-hybridized carbons (Fsp3) is 0.667. The van der Waals surface area contributed by atoms with Crippen LogP contribution in [0.5, 0.6) is 0 Å². The Balaban J connectivity index is 1.65. The number of piperidine rings is 1. The Morgan fingerprint density at radius 3 is 2.27 bits per heavy atom. The Hall–Kier alpha value is -1.26. The Morgan fingerprint density at radius 1 is 1.08 bits per heavy atom. The van der Waals surface area contributed by atoms with Gasteiger partial charge in [-0.1, -0.05) is 30.7 Å². The molecular weight excluding hydrogens is 346 g/mol. The predicted molar refractivity (Wildman–Crippen MR) is 108 cm³/mol. The molecule has 0 aliphatic carbocycles. The lowest BCUT2D eigenvalue weighted by Crippen LogP contribution is -2.65. The zero-order valence-corrected chi connectivity index (χ0v) is 17.1. The highest BCUT2D eigenvalue weighted by Crippen LogP contribution is 2.37. The van der Waals surface area contributed by atoms with Gasteiger partial charge in [-0.3, -0.25) is 4.90 Å². The molecule has 0 aromatic heterocycles. The lowest BCUT2D eigenvalue weighted by atomic mass is 9.80. The summed E-state index contributed by atoms with van der Waals surface area (Å²) < 4.78 is 0. The summed E-state index contributed by atoms with van der Waals surface area (Å²) in [6, 6.07) is 8.68. The van der Waals surface area contributed by atoms with Gasteiger partial charge in [0.15, 0.2) is 0 Å². The van der Waals surface area contributed by atoms with Crippen LogP contribution in [0.2, 0.25) is 5.02 Å². The highest BCUT2D eigenvalue weighted by atomic mass is 35.5. The second-order valence-corrected chi connectivity index (χ2v) is 8.53. The van der Waals surface area contributed by atoms with E-state index in [0.717, 1.165) is 63.4 Å². The monoisotopic (exact) mass is 377 g/mol. The highest BCUT2D eigenvalue weighted by Gasteiger charge is 2.46. The third-order valence-corrected chi connectivity index (χ3v) is 6.30. The molecule has 2 heterocycles. The normalized spacial score (nSPS) is 21.0. The van der Waals surface area contributed by atoms with Crippen molar-refractivity contribution in [2.75, 3.05) is 26.2 Å². The molecule has 0 radical (unpaired) electrons. The molecule has 0 atom stereocenters. The minimum atomic E-state index is 0.0645. The molecule has 2 fully saturated rings. The number of hydrogen-bond acceptors (Lipinski definition) is 2. The summed E-state index contributed by atoms with van der Waals surface area (Å²) >= 11 is 5.99. The zero-order chi connectivity index (χ0) is 18.7. The Kier molecular flexibility index (Phi) is 6.13. The van der Waals surface area contributed by atoms with Gasteiger partial charge in [-0.2, -0.15) is 0 Å². The molecular formula is C21H32ClN3O. The second-order valence-electron chi connectivity index (χ2n) is 8.10. The minimum absolute atomic E-state index is 0.0645. The molecule has 2 aliphatic heterocycles. The van der Waals surface area contributed by atoms with E-state index >= 15 is 0 Å². The molecule has 1 aromatic rings. The lowest BCUT2D eigenvalue weighted by molar-refractivity contribution is -0.00967. The standard InChI is InChI=1S/C21H32ClN3O/c1-4-12-25-20(26)24(17(2)3)15-11-21(25)9-13-23(14-10-21)16-18-5-7-19(22)8-6-18/h5-8,17H,4,9-16H2,1-3H3. The number of amides is 2. The van der Waals surface area contributed by atoms with Crippen LogP contribution in [0.15, 0.2) is 24.3 Å². The van der Waals surface area contributed by atoms with Gasteiger partial charge in [-0.05, 0) is 57.2 Å². The van der Waals surface area contributed by atoms with Crippen LogP contribution in [-0.4, -0.2) is 58.5 Å². The molecule has 144 valence electrons. The van der Waals surface area contributed by atoms with Crippen LogP contribution >= 0.6 is 11.6 Å². The van der Waals surface area contributed by atoms with Gasteiger partial charge in [0.05, 0.1) is 0 Å². The van der Waals surface area contributed by atoms with Gasteiger partial charge in [0, 0.05) is 49.3 Å². The Morgan fingerprint density at radius 2 is 1.69 bits per heavy atom. The van der Waals surface area contributed by atoms with E-state index in [9.17, 15) is 4.79 Å². The minimum Gasteiger partial charge on any atom is -0.322 e. The molecule has 4 nitrogen and oxygen atoms in total. The molecule has 0 bridgehead atoms. The molecule has 2 saturated heterocycles. The van der Waals surface area contributed by atoms with Crippen LogP contribution in [-0.2, 0) is 6.54 Å². The summed E-state index contributed by atoms with van der Waals surface area (Å²) in [6.07, 6.45) is 4.29. The van der Waals surface area contributed by atoms with Crippen molar-refractivity contribution in [3.05, 3.63) is 34.9 Å². The molecule has 2 aliphatic rings. The van der Waals surface area contributed by atoms with Gasteiger partial charge in [0.2, 0.25) is 0 Å². The smallest absolute Gasteiger partial charge is 0.320 e. The van der Waals surface area contributed by atoms with E-state index in [0.29, 0.717) is 0 Å². The van der Waals surface area contributed by atoms with Crippen molar-refractivity contribution in [1.29, 1.82) is 0 Å². The molecule has 0 unspecified atom stereocenters. The highest BCUT2D eigenvalue weighted by molar-refractivity contribution is 6.30. The quantitative estimate of drug-likeness (QED) is 0.748. The Bertz CT molecular complexity index is 608. The molecule has 1 aromatic carbocycles. The number of benzene rings is 1. The van der Waals surface area contributed by atoms with E-state index < -0.39 is 0 Å². The van der Waals surface area contributed by atoms with Crippen LogP contribution in [0.25, 0.3) is 0 Å². The first-order valence-corrected chi connectivity index (χ1v) is 10.4. The number of likely N-dealkylation sites (tertiary alicyclic amines) is 1. The first kappa shape index (κ1) is 19.5. The summed E-state index contributed by atoms with van der Waals surface area (Å²) in [5.74, 6) is 0. The number of carbonyl (C=O) groups is 1. The lowest BCUT2D eigenvalue weighted by Gasteiger charge is -2.54. The molecule has 0 saturated carbocycles. The van der Waals surface area contributed by atoms with E-state index in [1.807, 2.05) is 17.0 Å². The van der Waals surface area contributed by atoms with Crippen molar-refractivity contribution in [2.24, 2.45) is 0 Å². The molecule has 1 spiro atoms. The molecule has 2 amide bonds. The van der Waals surface area contributed by atoms with Gasteiger partial charge >= 0.3 is 6.03 Å². The van der Waals surface area contributed by atoms with Crippen molar-refractivity contribution < 1.29 is 4.79 Å². The summed E-state index contributed by atoms with van der Waals surface area (Å²) in [4.78, 5) is 19.8. The number of halogens is 1. The van der Waals surface area contributed by atoms with E-state index in [1.165, 1.54) is 5.56 Å². The average Bonchev–Trinajstić information content (AvgIpc) is 2.62. The fourth-order valence-corrected chi connectivity index (χ4v) is 4.57. The van der Waals surface area contributed by atoms with Crippen LogP contribution in [0.3, 0.4) is 0 Å². The summed E-state index contributed by atoms with van der Waals surface area (Å²) in [5, 5.41) is 0.789. The topological polar surface area (TPSA) is 26.8 Å². The van der Waals surface area contributed by atoms with Crippen molar-refractivity contribution in [3.63, 3.8) is 0 Å². The number of rotatable bonds is 5. The van der Waals surface area contributed by atoms with Crippen LogP contribution in [0.4, 0.5) is 4.79 Å². The van der Waals surface area contributed by atoms with E-state index in [-0.39, 0.29) is 17.6 Å². The second kappa shape index (κ2) is 8.18. The summed E-state index contributed by atoms with van der Waals surface area (Å²) in [6.45, 7) is 11.3. The van der Waals surface area contributed by atoms with Crippen molar-refractivity contribution in [3.8, 4) is 0 Å². The van der Waals surface area contributed by atoms with Crippen molar-refractivity contribution in [2.45, 2.75) is 64.6 Å². The van der Waals surface area contributed by atoms with E-state index in [4.69, 9.17) is 11.6 Å². The van der Waals surface area contributed by atoms with E-state index in [1.54, 1.807) is 0 Å². The number of hydrogen-bond donors (Lipinski definition) is 0. The first-order valence-electron chi connectivity index (χ1n) is 10.0. The van der Waals surface area contributed by atoms with Crippen LogP contribution in [0, 0.1) is 0 Å². The Labute approximate surface area is 163 Å². The van der Waals surface area contributed by atoms with Crippen molar-refractivity contribution >= 4 is 17.6 Å². The summed E-state index contributed by atoms with van der Waals surface area (Å²) in [5.41, 5.74) is 1.37.